The highest BCUT2D eigenvalue weighted by molar-refractivity contribution is 7.25. The molecule has 7 aromatic rings. The van der Waals surface area contributed by atoms with Crippen LogP contribution in [0, 0.1) is 0 Å². The first-order valence-corrected chi connectivity index (χ1v) is 11.1. The first kappa shape index (κ1) is 17.5. The minimum absolute atomic E-state index is 0.814. The predicted octanol–water partition coefficient (Wildman–Crippen LogP) is 6.40. The van der Waals surface area contributed by atoms with Gasteiger partial charge in [0.1, 0.15) is 22.2 Å². The van der Waals surface area contributed by atoms with Crippen molar-refractivity contribution >= 4 is 53.8 Å². The van der Waals surface area contributed by atoms with Gasteiger partial charge >= 0.3 is 0 Å². The van der Waals surface area contributed by atoms with E-state index in [-0.39, 0.29) is 0 Å². The third-order valence-corrected chi connectivity index (χ3v) is 6.84. The number of hydrogen-bond acceptors (Lipinski definition) is 5. The lowest BCUT2D eigenvalue weighted by atomic mass is 10.1. The van der Waals surface area contributed by atoms with Crippen LogP contribution < -0.4 is 0 Å². The van der Waals surface area contributed by atoms with Gasteiger partial charge in [-0.25, -0.2) is 19.9 Å². The molecular weight excluding hydrogens is 414 g/mol. The number of fused-ring (bicyclic) bond motifs is 6. The zero-order chi connectivity index (χ0) is 21.1. The second-order valence-electron chi connectivity index (χ2n) is 7.62. The maximum absolute atomic E-state index is 5.17. The monoisotopic (exact) mass is 429 g/mol. The summed E-state index contributed by atoms with van der Waals surface area (Å²) in [5.74, 6) is 0. The Labute approximate surface area is 186 Å². The van der Waals surface area contributed by atoms with Crippen molar-refractivity contribution in [3.8, 4) is 16.9 Å². The lowest BCUT2D eigenvalue weighted by Crippen LogP contribution is -2.01. The number of nitrogens with zero attached hydrogens (tertiary/aromatic N) is 5. The third kappa shape index (κ3) is 2.44. The van der Waals surface area contributed by atoms with Crippen LogP contribution in [0.5, 0.6) is 0 Å². The Morgan fingerprint density at radius 3 is 2.41 bits per heavy atom. The van der Waals surface area contributed by atoms with Crippen LogP contribution in [0.4, 0.5) is 0 Å². The molecule has 4 heterocycles. The maximum atomic E-state index is 5.17. The first-order chi connectivity index (χ1) is 15.9. The highest BCUT2D eigenvalue weighted by atomic mass is 32.1. The van der Waals surface area contributed by atoms with Crippen molar-refractivity contribution in [1.82, 2.24) is 24.5 Å². The van der Waals surface area contributed by atoms with E-state index in [1.807, 2.05) is 36.5 Å². The molecule has 0 bridgehead atoms. The highest BCUT2D eigenvalue weighted by Crippen LogP contribution is 2.37. The Morgan fingerprint density at radius 2 is 1.50 bits per heavy atom. The lowest BCUT2D eigenvalue weighted by Gasteiger charge is -2.11. The molecule has 0 aliphatic carbocycles. The van der Waals surface area contributed by atoms with Crippen molar-refractivity contribution < 1.29 is 0 Å². The number of rotatable bonds is 2. The molecule has 32 heavy (non-hydrogen) atoms. The molecule has 6 heteroatoms. The molecule has 0 radical (unpaired) electrons. The van der Waals surface area contributed by atoms with Crippen molar-refractivity contribution in [2.45, 2.75) is 0 Å². The molecule has 0 aliphatic heterocycles. The first-order valence-electron chi connectivity index (χ1n) is 10.3. The van der Waals surface area contributed by atoms with E-state index in [2.05, 4.69) is 63.1 Å². The van der Waals surface area contributed by atoms with Crippen LogP contribution in [0.2, 0.25) is 0 Å². The fraction of sp³-hybridized carbons (Fsp3) is 0. The Kier molecular flexibility index (Phi) is 3.65. The molecule has 0 fully saturated rings. The van der Waals surface area contributed by atoms with Gasteiger partial charge in [0, 0.05) is 21.0 Å². The smallest absolute Gasteiger partial charge is 0.165 e. The van der Waals surface area contributed by atoms with Crippen LogP contribution in [-0.2, 0) is 0 Å². The average molecular weight is 430 g/mol. The van der Waals surface area contributed by atoms with Crippen molar-refractivity contribution in [3.63, 3.8) is 0 Å². The third-order valence-electron chi connectivity index (χ3n) is 5.79. The van der Waals surface area contributed by atoms with Crippen molar-refractivity contribution in [2.24, 2.45) is 0 Å². The summed E-state index contributed by atoms with van der Waals surface area (Å²) in [6.45, 7) is 0. The molecule has 150 valence electrons. The molecule has 0 atom stereocenters. The molecule has 0 saturated carbocycles. The van der Waals surface area contributed by atoms with Gasteiger partial charge in [0.05, 0.1) is 23.1 Å². The second-order valence-corrected chi connectivity index (χ2v) is 8.65. The van der Waals surface area contributed by atoms with Gasteiger partial charge < -0.3 is 0 Å². The fourth-order valence-electron chi connectivity index (χ4n) is 4.38. The summed E-state index contributed by atoms with van der Waals surface area (Å²) in [5, 5.41) is 2.20. The molecule has 4 aromatic heterocycles. The van der Waals surface area contributed by atoms with Gasteiger partial charge in [-0.2, -0.15) is 0 Å². The molecule has 0 unspecified atom stereocenters. The minimum atomic E-state index is 0.814. The van der Waals surface area contributed by atoms with Gasteiger partial charge in [0.2, 0.25) is 0 Å². The summed E-state index contributed by atoms with van der Waals surface area (Å²) in [5.41, 5.74) is 6.46. The summed E-state index contributed by atoms with van der Waals surface area (Å²) in [6.07, 6.45) is 3.45. The Balaban J connectivity index is 1.65. The van der Waals surface area contributed by atoms with Crippen LogP contribution in [0.25, 0.3) is 59.4 Å². The number of para-hydroxylation sites is 1. The highest BCUT2D eigenvalue weighted by Gasteiger charge is 2.20. The zero-order valence-corrected chi connectivity index (χ0v) is 17.6. The molecule has 0 amide bonds. The van der Waals surface area contributed by atoms with E-state index in [9.17, 15) is 0 Å². The fourth-order valence-corrected chi connectivity index (χ4v) is 5.40. The van der Waals surface area contributed by atoms with E-state index in [0.29, 0.717) is 0 Å². The topological polar surface area (TPSA) is 56.5 Å². The summed E-state index contributed by atoms with van der Waals surface area (Å²) in [6, 6.07) is 26.8. The second kappa shape index (κ2) is 6.67. The normalized spacial score (nSPS) is 11.8. The Morgan fingerprint density at radius 1 is 0.719 bits per heavy atom. The van der Waals surface area contributed by atoms with E-state index in [0.717, 1.165) is 54.7 Å². The number of aromatic nitrogens is 5. The maximum Gasteiger partial charge on any atom is 0.165 e. The van der Waals surface area contributed by atoms with Crippen LogP contribution >= 0.6 is 11.3 Å². The molecule has 7 rings (SSSR count). The lowest BCUT2D eigenvalue weighted by molar-refractivity contribution is 1.07. The SMILES string of the molecule is c1ccc(-c2ncncc2-n2c3ccccc3c3nc4sc5ccccc5c4nc32)cc1. The molecule has 0 N–H and O–H groups in total. The molecular formula is C26H15N5S. The van der Waals surface area contributed by atoms with Crippen molar-refractivity contribution in [1.29, 1.82) is 0 Å². The van der Waals surface area contributed by atoms with Crippen LogP contribution in [0.1, 0.15) is 0 Å². The van der Waals surface area contributed by atoms with E-state index in [4.69, 9.17) is 9.97 Å². The van der Waals surface area contributed by atoms with Gasteiger partial charge in [-0.3, -0.25) is 4.57 Å². The Hall–Kier alpha value is -4.16. The Bertz CT molecular complexity index is 1780. The minimum Gasteiger partial charge on any atom is -0.289 e. The average Bonchev–Trinajstić information content (AvgIpc) is 3.38. The molecule has 5 nitrogen and oxygen atoms in total. The number of hydrogen-bond donors (Lipinski definition) is 0. The van der Waals surface area contributed by atoms with Crippen molar-refractivity contribution in [3.05, 3.63) is 91.4 Å². The van der Waals surface area contributed by atoms with Crippen molar-refractivity contribution in [2.75, 3.05) is 0 Å². The van der Waals surface area contributed by atoms with Crippen LogP contribution in [0.3, 0.4) is 0 Å². The summed E-state index contributed by atoms with van der Waals surface area (Å²) in [4.78, 5) is 20.2. The van der Waals surface area contributed by atoms with E-state index in [1.165, 1.54) is 4.70 Å². The summed E-state index contributed by atoms with van der Waals surface area (Å²) in [7, 11) is 0. The molecule has 0 saturated heterocycles. The predicted molar refractivity (Wildman–Crippen MR) is 130 cm³/mol. The molecule has 3 aromatic carbocycles. The quantitative estimate of drug-likeness (QED) is 0.319. The van der Waals surface area contributed by atoms with Gasteiger partial charge in [0.25, 0.3) is 0 Å². The van der Waals surface area contributed by atoms with Crippen LogP contribution in [0.15, 0.2) is 91.4 Å². The van der Waals surface area contributed by atoms with Crippen LogP contribution in [-0.4, -0.2) is 24.5 Å². The van der Waals surface area contributed by atoms with Gasteiger partial charge in [0.15, 0.2) is 5.65 Å². The van der Waals surface area contributed by atoms with E-state index in [1.54, 1.807) is 17.7 Å². The molecule has 0 aliphatic rings. The zero-order valence-electron chi connectivity index (χ0n) is 16.8. The van der Waals surface area contributed by atoms with E-state index >= 15 is 0 Å². The summed E-state index contributed by atoms with van der Waals surface area (Å²) >= 11 is 1.68. The standard InChI is InChI=1S/C26H15N5S/c1-2-8-16(9-3-1)22-20(14-27-15-28-22)31-19-12-6-4-10-17(19)23-25(31)29-24-18-11-5-7-13-21(18)32-26(24)30-23/h1-15H. The largest absolute Gasteiger partial charge is 0.289 e. The number of benzene rings is 3. The van der Waals surface area contributed by atoms with Gasteiger partial charge in [-0.05, 0) is 12.1 Å². The summed E-state index contributed by atoms with van der Waals surface area (Å²) < 4.78 is 3.34. The van der Waals surface area contributed by atoms with Gasteiger partial charge in [-0.1, -0.05) is 66.7 Å². The van der Waals surface area contributed by atoms with Gasteiger partial charge in [-0.15, -0.1) is 11.3 Å². The van der Waals surface area contributed by atoms with E-state index < -0.39 is 0 Å². The number of thiophene rings is 1. The molecule has 0 spiro atoms.